The van der Waals surface area contributed by atoms with Crippen LogP contribution in [0.25, 0.3) is 0 Å². The summed E-state index contributed by atoms with van der Waals surface area (Å²) in [5.41, 5.74) is 1.01. The van der Waals surface area contributed by atoms with E-state index in [0.29, 0.717) is 17.7 Å². The molecular formula is C14H16N4O5S2. The third kappa shape index (κ3) is 3.44. The lowest BCUT2D eigenvalue weighted by atomic mass is 10.0. The molecule has 0 radical (unpaired) electrons. The molecule has 1 fully saturated rings. The van der Waals surface area contributed by atoms with E-state index in [4.69, 9.17) is 0 Å². The number of rotatable bonds is 5. The largest absolute Gasteiger partial charge is 0.477 e. The number of hydrogen-bond acceptors (Lipinski definition) is 8. The maximum absolute atomic E-state index is 12.3. The van der Waals surface area contributed by atoms with Crippen LogP contribution in [0.5, 0.6) is 0 Å². The maximum atomic E-state index is 12.3. The molecule has 25 heavy (non-hydrogen) atoms. The van der Waals surface area contributed by atoms with Crippen LogP contribution in [0.15, 0.2) is 21.5 Å². The average Bonchev–Trinajstić information content (AvgIpc) is 3.01. The first-order valence-corrected chi connectivity index (χ1v) is 9.48. The number of carboxylic acids is 1. The Morgan fingerprint density at radius 1 is 1.44 bits per heavy atom. The van der Waals surface area contributed by atoms with E-state index in [-0.39, 0.29) is 17.4 Å². The van der Waals surface area contributed by atoms with Gasteiger partial charge in [-0.25, -0.2) is 4.79 Å². The molecule has 0 bridgehead atoms. The molecule has 0 spiro atoms. The van der Waals surface area contributed by atoms with E-state index in [1.165, 1.54) is 23.5 Å². The summed E-state index contributed by atoms with van der Waals surface area (Å²) in [5, 5.41) is 29.3. The number of aliphatic carboxylic acids is 1. The summed E-state index contributed by atoms with van der Waals surface area (Å²) in [7, 11) is 0. The van der Waals surface area contributed by atoms with Gasteiger partial charge in [-0.2, -0.15) is 5.10 Å². The van der Waals surface area contributed by atoms with E-state index in [2.05, 4.69) is 15.5 Å². The highest BCUT2D eigenvalue weighted by Gasteiger charge is 2.54. The van der Waals surface area contributed by atoms with Crippen molar-refractivity contribution in [3.8, 4) is 0 Å². The fourth-order valence-electron chi connectivity index (χ4n) is 2.68. The molecule has 0 aromatic carbocycles. The van der Waals surface area contributed by atoms with Crippen LogP contribution in [0.3, 0.4) is 0 Å². The van der Waals surface area contributed by atoms with E-state index in [1.54, 1.807) is 0 Å². The minimum absolute atomic E-state index is 0.117. The van der Waals surface area contributed by atoms with E-state index < -0.39 is 29.9 Å². The average molecular weight is 384 g/mol. The number of amides is 2. The molecule has 0 saturated carbocycles. The number of aliphatic hydroxyl groups excluding tert-OH is 1. The summed E-state index contributed by atoms with van der Waals surface area (Å²) in [6, 6.07) is -0.754. The van der Waals surface area contributed by atoms with Crippen molar-refractivity contribution in [2.45, 2.75) is 24.8 Å². The predicted octanol–water partition coefficient (Wildman–Crippen LogP) is -0.371. The van der Waals surface area contributed by atoms with Gasteiger partial charge in [0.1, 0.15) is 22.2 Å². The Kier molecular flexibility index (Phi) is 5.16. The lowest BCUT2D eigenvalue weighted by Gasteiger charge is -2.49. The van der Waals surface area contributed by atoms with Crippen LogP contribution < -0.4 is 5.32 Å². The van der Waals surface area contributed by atoms with Gasteiger partial charge in [0.25, 0.3) is 5.91 Å². The van der Waals surface area contributed by atoms with Gasteiger partial charge >= 0.3 is 5.97 Å². The van der Waals surface area contributed by atoms with E-state index in [9.17, 15) is 24.6 Å². The first-order chi connectivity index (χ1) is 11.9. The molecule has 2 unspecified atom stereocenters. The van der Waals surface area contributed by atoms with Crippen molar-refractivity contribution in [2.24, 2.45) is 10.2 Å². The van der Waals surface area contributed by atoms with Gasteiger partial charge in [-0.3, -0.25) is 14.5 Å². The fraction of sp³-hybridized carbons (Fsp3) is 0.500. The molecule has 0 aromatic heterocycles. The Balaban J connectivity index is 1.57. The van der Waals surface area contributed by atoms with Crippen molar-refractivity contribution in [1.29, 1.82) is 0 Å². The minimum atomic E-state index is -1.25. The molecule has 3 rings (SSSR count). The molecule has 3 aliphatic heterocycles. The van der Waals surface area contributed by atoms with Gasteiger partial charge in [0, 0.05) is 17.9 Å². The van der Waals surface area contributed by atoms with Crippen molar-refractivity contribution in [2.75, 3.05) is 18.1 Å². The Hall–Kier alpha value is -1.85. The summed E-state index contributed by atoms with van der Waals surface area (Å²) >= 11 is 2.59. The molecule has 2 atom stereocenters. The normalized spacial score (nSPS) is 25.2. The molecular weight excluding hydrogens is 368 g/mol. The molecule has 2 amide bonds. The predicted molar refractivity (Wildman–Crippen MR) is 94.4 cm³/mol. The second-order valence-corrected chi connectivity index (χ2v) is 7.82. The molecule has 3 N–H and O–H groups in total. The molecule has 11 heteroatoms. The number of carboxylic acid groups (broad SMARTS) is 1. The maximum Gasteiger partial charge on any atom is 0.352 e. The summed E-state index contributed by atoms with van der Waals surface area (Å²) < 4.78 is 0. The number of nitrogens with one attached hydrogen (secondary N) is 1. The molecule has 1 saturated heterocycles. The number of thioether (sulfide) groups is 2. The topological polar surface area (TPSA) is 132 Å². The van der Waals surface area contributed by atoms with Gasteiger partial charge in [-0.1, -0.05) is 11.8 Å². The highest BCUT2D eigenvalue weighted by Crippen LogP contribution is 2.40. The number of hydrogen-bond donors (Lipinski definition) is 3. The number of carbonyl (C=O) groups excluding carboxylic acids is 2. The lowest BCUT2D eigenvalue weighted by Crippen LogP contribution is -2.70. The highest BCUT2D eigenvalue weighted by atomic mass is 32.2. The van der Waals surface area contributed by atoms with Crippen LogP contribution in [0.2, 0.25) is 0 Å². The van der Waals surface area contributed by atoms with Crippen LogP contribution in [0, 0.1) is 0 Å². The van der Waals surface area contributed by atoms with Gasteiger partial charge < -0.3 is 15.5 Å². The Morgan fingerprint density at radius 3 is 2.80 bits per heavy atom. The van der Waals surface area contributed by atoms with Crippen molar-refractivity contribution >= 4 is 52.1 Å². The number of carbonyl (C=O) groups is 3. The van der Waals surface area contributed by atoms with Crippen molar-refractivity contribution in [3.05, 3.63) is 11.3 Å². The van der Waals surface area contributed by atoms with Gasteiger partial charge in [-0.15, -0.1) is 16.9 Å². The third-order valence-electron chi connectivity index (χ3n) is 3.87. The Morgan fingerprint density at radius 2 is 2.20 bits per heavy atom. The van der Waals surface area contributed by atoms with Gasteiger partial charge in [-0.05, 0) is 12.5 Å². The lowest BCUT2D eigenvalue weighted by molar-refractivity contribution is -0.150. The van der Waals surface area contributed by atoms with Crippen molar-refractivity contribution in [3.63, 3.8) is 0 Å². The fourth-order valence-corrected chi connectivity index (χ4v) is 4.81. The minimum Gasteiger partial charge on any atom is -0.477 e. The second-order valence-electron chi connectivity index (χ2n) is 5.66. The molecule has 0 aliphatic carbocycles. The number of nitrogens with zero attached hydrogens (tertiary/aromatic N) is 3. The monoisotopic (exact) mass is 384 g/mol. The van der Waals surface area contributed by atoms with Crippen LogP contribution in [-0.2, 0) is 14.4 Å². The highest BCUT2D eigenvalue weighted by molar-refractivity contribution is 8.14. The van der Waals surface area contributed by atoms with Gasteiger partial charge in [0.2, 0.25) is 5.91 Å². The Labute approximate surface area is 151 Å². The molecule has 9 nitrogen and oxygen atoms in total. The van der Waals surface area contributed by atoms with E-state index in [0.717, 1.165) is 15.7 Å². The molecule has 0 aromatic rings. The van der Waals surface area contributed by atoms with Crippen molar-refractivity contribution < 1.29 is 24.6 Å². The zero-order valence-corrected chi connectivity index (χ0v) is 14.9. The van der Waals surface area contributed by atoms with Crippen LogP contribution in [0.4, 0.5) is 0 Å². The van der Waals surface area contributed by atoms with Crippen LogP contribution in [-0.4, -0.2) is 73.2 Å². The Bertz CT molecular complexity index is 733. The standard InChI is InChI=1S/C14H16N4O5S2/c1-6-2-9(17-16-6)24-5-8(20)15-10-12(21)18-11(14(22)23)7(3-19)4-25-13(10)18/h10,13,19H,2-5H2,1H3,(H,15,20)(H,22,23). The third-order valence-corrected chi connectivity index (χ3v) is 6.17. The van der Waals surface area contributed by atoms with E-state index >= 15 is 0 Å². The van der Waals surface area contributed by atoms with Gasteiger partial charge in [0.15, 0.2) is 0 Å². The number of β-lactam (4-membered cyclic amide) rings is 1. The molecule has 3 heterocycles. The smallest absolute Gasteiger partial charge is 0.352 e. The van der Waals surface area contributed by atoms with E-state index in [1.807, 2.05) is 6.92 Å². The van der Waals surface area contributed by atoms with Crippen LogP contribution in [0.1, 0.15) is 13.3 Å². The number of aliphatic hydroxyl groups is 1. The zero-order chi connectivity index (χ0) is 18.1. The summed E-state index contributed by atoms with van der Waals surface area (Å²) in [6.45, 7) is 1.44. The summed E-state index contributed by atoms with van der Waals surface area (Å²) in [4.78, 5) is 36.9. The first-order valence-electron chi connectivity index (χ1n) is 7.45. The first kappa shape index (κ1) is 18.0. The number of fused-ring (bicyclic) bond motifs is 1. The zero-order valence-electron chi connectivity index (χ0n) is 13.3. The quantitative estimate of drug-likeness (QED) is 0.551. The summed E-state index contributed by atoms with van der Waals surface area (Å²) in [5.74, 6) is -1.62. The SMILES string of the molecule is CC1=NN=C(SCC(=O)NC2C(=O)N3C(C(=O)O)=C(CO)CSC23)C1. The van der Waals surface area contributed by atoms with Gasteiger partial charge in [0.05, 0.1) is 12.4 Å². The second kappa shape index (κ2) is 7.18. The molecule has 3 aliphatic rings. The van der Waals surface area contributed by atoms with Crippen LogP contribution >= 0.6 is 23.5 Å². The summed E-state index contributed by atoms with van der Waals surface area (Å²) in [6.07, 6.45) is 0.628. The van der Waals surface area contributed by atoms with Crippen molar-refractivity contribution in [1.82, 2.24) is 10.2 Å². The molecule has 134 valence electrons.